The molecule has 198 valence electrons. The first-order chi connectivity index (χ1) is 17.3. The molecular formula is C20H25ClF3N5O4S2Si. The molecule has 1 saturated heterocycles. The first kappa shape index (κ1) is 26.0. The Labute approximate surface area is 217 Å². The molecule has 3 aromatic rings. The van der Waals surface area contributed by atoms with Gasteiger partial charge in [-0.15, -0.1) is 10.2 Å². The molecule has 1 aliphatic heterocycles. The van der Waals surface area contributed by atoms with Gasteiger partial charge in [0.2, 0.25) is 10.0 Å². The molecule has 4 rings (SSSR count). The van der Waals surface area contributed by atoms with Crippen LogP contribution in [-0.4, -0.2) is 79.1 Å². The Morgan fingerprint density at radius 2 is 2.11 bits per heavy atom. The number of nitrogens with zero attached hydrogens (tertiary/aromatic N) is 5. The van der Waals surface area contributed by atoms with Crippen molar-refractivity contribution in [3.8, 4) is 10.8 Å². The van der Waals surface area contributed by atoms with Crippen LogP contribution in [0, 0.1) is 0 Å². The van der Waals surface area contributed by atoms with E-state index in [1.807, 2.05) is 0 Å². The topological polar surface area (TPSA) is 98.9 Å². The van der Waals surface area contributed by atoms with Gasteiger partial charge in [0.05, 0.1) is 31.3 Å². The molecule has 1 fully saturated rings. The number of rotatable bonds is 11. The van der Waals surface area contributed by atoms with Crippen LogP contribution >= 0.6 is 22.9 Å². The van der Waals surface area contributed by atoms with Gasteiger partial charge in [-0.2, -0.15) is 4.31 Å². The van der Waals surface area contributed by atoms with Gasteiger partial charge in [0.15, 0.2) is 15.8 Å². The summed E-state index contributed by atoms with van der Waals surface area (Å²) in [6.45, 7) is 5.07. The number of halogens is 4. The number of imidazole rings is 1. The van der Waals surface area contributed by atoms with Crippen molar-refractivity contribution in [3.05, 3.63) is 28.5 Å². The predicted octanol–water partition coefficient (Wildman–Crippen LogP) is 4.49. The highest BCUT2D eigenvalue weighted by atomic mass is 35.5. The van der Waals surface area contributed by atoms with Gasteiger partial charge >= 0.3 is 0 Å². The second-order valence-corrected chi connectivity index (χ2v) is 18.5. The lowest BCUT2D eigenvalue weighted by molar-refractivity contribution is -0.141. The van der Waals surface area contributed by atoms with Crippen molar-refractivity contribution in [2.75, 3.05) is 33.2 Å². The highest BCUT2D eigenvalue weighted by molar-refractivity contribution is 7.89. The van der Waals surface area contributed by atoms with E-state index >= 15 is 0 Å². The minimum Gasteiger partial charge on any atom is -0.377 e. The van der Waals surface area contributed by atoms with E-state index in [1.54, 1.807) is 0 Å². The Balaban J connectivity index is 1.76. The highest BCUT2D eigenvalue weighted by Crippen LogP contribution is 2.35. The molecule has 9 nitrogen and oxygen atoms in total. The van der Waals surface area contributed by atoms with Crippen molar-refractivity contribution in [1.82, 2.24) is 23.9 Å². The van der Waals surface area contributed by atoms with Gasteiger partial charge in [-0.1, -0.05) is 42.6 Å². The Morgan fingerprint density at radius 1 is 1.39 bits per heavy atom. The summed E-state index contributed by atoms with van der Waals surface area (Å²) in [6, 6.07) is 1.92. The summed E-state index contributed by atoms with van der Waals surface area (Å²) in [6.07, 6.45) is -2.01. The summed E-state index contributed by atoms with van der Waals surface area (Å²) >= 11 is 6.92. The van der Waals surface area contributed by atoms with E-state index in [-0.39, 0.29) is 45.7 Å². The van der Waals surface area contributed by atoms with Gasteiger partial charge < -0.3 is 9.47 Å². The van der Waals surface area contributed by atoms with E-state index in [0.717, 1.165) is 22.6 Å². The SMILES string of the molecule is [2H]c1nc(-c2nnc(C(F)F)s2)n2cc(S(=O)(=O)N(COCC[Si](C)(C)C)C3(CF)COC3)cc(Cl)c12. The molecule has 0 saturated carbocycles. The van der Waals surface area contributed by atoms with Crippen molar-refractivity contribution >= 4 is 46.6 Å². The van der Waals surface area contributed by atoms with Crippen LogP contribution in [-0.2, 0) is 19.5 Å². The number of alkyl halides is 3. The van der Waals surface area contributed by atoms with Gasteiger partial charge in [0, 0.05) is 20.9 Å². The lowest BCUT2D eigenvalue weighted by atomic mass is 10.0. The third kappa shape index (κ3) is 5.32. The fourth-order valence-electron chi connectivity index (χ4n) is 3.42. The van der Waals surface area contributed by atoms with E-state index < -0.39 is 48.5 Å². The predicted molar refractivity (Wildman–Crippen MR) is 132 cm³/mol. The van der Waals surface area contributed by atoms with Crippen LogP contribution in [0.1, 0.15) is 12.8 Å². The lowest BCUT2D eigenvalue weighted by Gasteiger charge is -2.46. The summed E-state index contributed by atoms with van der Waals surface area (Å²) in [4.78, 5) is 3.71. The zero-order valence-electron chi connectivity index (χ0n) is 20.7. The quantitative estimate of drug-likeness (QED) is 0.186. The van der Waals surface area contributed by atoms with Crippen molar-refractivity contribution in [3.63, 3.8) is 0 Å². The standard InChI is InChI=1S/C20H25ClF3N5O4S2Si/c1-36(2,3)5-4-32-12-29(20(9-22)10-33-11-20)35(30,31)13-6-14(21)15-7-25-17(28(15)8-13)19-27-26-18(34-19)16(23)24/h6-8,16H,4-5,9-12H2,1-3H3/i7D. The Morgan fingerprint density at radius 3 is 2.67 bits per heavy atom. The molecule has 1 aliphatic rings. The third-order valence-corrected chi connectivity index (χ3v) is 10.4. The number of sulfonamides is 1. The highest BCUT2D eigenvalue weighted by Gasteiger charge is 2.50. The van der Waals surface area contributed by atoms with Crippen LogP contribution < -0.4 is 0 Å². The van der Waals surface area contributed by atoms with E-state index in [4.69, 9.17) is 22.4 Å². The van der Waals surface area contributed by atoms with Crippen LogP contribution in [0.25, 0.3) is 16.3 Å². The molecule has 0 aromatic carbocycles. The molecule has 0 atom stereocenters. The molecule has 0 N–H and O–H groups in total. The van der Waals surface area contributed by atoms with Crippen LogP contribution in [0.4, 0.5) is 13.2 Å². The van der Waals surface area contributed by atoms with Crippen molar-refractivity contribution < 1.29 is 32.4 Å². The maximum atomic E-state index is 14.2. The average Bonchev–Trinajstić information content (AvgIpc) is 3.39. The van der Waals surface area contributed by atoms with Crippen molar-refractivity contribution in [2.24, 2.45) is 0 Å². The summed E-state index contributed by atoms with van der Waals surface area (Å²) in [5, 5.41) is 6.41. The number of ether oxygens (including phenoxy) is 2. The largest absolute Gasteiger partial charge is 0.377 e. The first-order valence-electron chi connectivity index (χ1n) is 11.3. The van der Waals surface area contributed by atoms with Crippen LogP contribution in [0.15, 0.2) is 23.3 Å². The molecule has 4 heterocycles. The summed E-state index contributed by atoms with van der Waals surface area (Å²) in [5.74, 6) is -0.0755. The molecule has 0 bridgehead atoms. The smallest absolute Gasteiger partial charge is 0.291 e. The van der Waals surface area contributed by atoms with Crippen molar-refractivity contribution in [1.29, 1.82) is 0 Å². The molecule has 0 spiro atoms. The van der Waals surface area contributed by atoms with Gasteiger partial charge in [-0.25, -0.2) is 26.6 Å². The number of pyridine rings is 1. The first-order valence-corrected chi connectivity index (χ1v) is 17.2. The van der Waals surface area contributed by atoms with Crippen LogP contribution in [0.5, 0.6) is 0 Å². The Bertz CT molecular complexity index is 1390. The zero-order valence-corrected chi connectivity index (χ0v) is 23.1. The van der Waals surface area contributed by atoms with Crippen LogP contribution in [0.3, 0.4) is 0 Å². The fraction of sp³-hybridized carbons (Fsp3) is 0.550. The van der Waals surface area contributed by atoms with E-state index in [1.165, 1.54) is 4.40 Å². The van der Waals surface area contributed by atoms with E-state index in [2.05, 4.69) is 34.8 Å². The van der Waals surface area contributed by atoms with Gasteiger partial charge in [-0.05, 0) is 12.1 Å². The molecule has 36 heavy (non-hydrogen) atoms. The minimum atomic E-state index is -4.41. The van der Waals surface area contributed by atoms with Crippen molar-refractivity contribution in [2.45, 2.75) is 42.5 Å². The summed E-state index contributed by atoms with van der Waals surface area (Å²) in [7, 11) is -5.87. The van der Waals surface area contributed by atoms with E-state index in [0.29, 0.717) is 17.9 Å². The van der Waals surface area contributed by atoms with E-state index in [9.17, 15) is 21.6 Å². The number of fused-ring (bicyclic) bond motifs is 1. The molecule has 0 radical (unpaired) electrons. The van der Waals surface area contributed by atoms with Gasteiger partial charge in [-0.3, -0.25) is 4.40 Å². The minimum absolute atomic E-state index is 0.0476. The van der Waals surface area contributed by atoms with Gasteiger partial charge in [0.1, 0.15) is 23.8 Å². The fourth-order valence-corrected chi connectivity index (χ4v) is 6.81. The maximum Gasteiger partial charge on any atom is 0.291 e. The molecule has 3 aromatic heterocycles. The molecule has 16 heteroatoms. The number of hydrogen-bond donors (Lipinski definition) is 0. The monoisotopic (exact) mass is 584 g/mol. The molecule has 0 aliphatic carbocycles. The van der Waals surface area contributed by atoms with Crippen LogP contribution in [0.2, 0.25) is 30.7 Å². The van der Waals surface area contributed by atoms with Gasteiger partial charge in [0.25, 0.3) is 6.43 Å². The number of aromatic nitrogens is 4. The lowest BCUT2D eigenvalue weighted by Crippen LogP contribution is -2.65. The average molecular weight is 585 g/mol. The summed E-state index contributed by atoms with van der Waals surface area (Å²) < 4.78 is 89.1. The Kier molecular flexibility index (Phi) is 7.42. The zero-order chi connectivity index (χ0) is 27.2. The normalized spacial score (nSPS) is 16.6. The maximum absolute atomic E-state index is 14.2. The molecule has 0 unspecified atom stereocenters. The second-order valence-electron chi connectivity index (χ2n) is 9.59. The second kappa shape index (κ2) is 10.3. The molecular weight excluding hydrogens is 559 g/mol. The third-order valence-electron chi connectivity index (χ3n) is 5.62. The summed E-state index contributed by atoms with van der Waals surface area (Å²) in [5.41, 5.74) is -1.39. The Hall–Kier alpha value is -1.62. The number of hydrogen-bond acceptors (Lipinski definition) is 8. The molecule has 0 amide bonds.